The molecule has 2 aromatic carbocycles. The van der Waals surface area contributed by atoms with Gasteiger partial charge in [0.15, 0.2) is 0 Å². The number of carbonyl (C=O) groups excluding carboxylic acids is 1. The third-order valence-electron chi connectivity index (χ3n) is 5.35. The smallest absolute Gasteiger partial charge is 0.250 e. The number of amidine groups is 1. The first-order chi connectivity index (χ1) is 15.0. The van der Waals surface area contributed by atoms with Crippen molar-refractivity contribution in [3.05, 3.63) is 59.2 Å². The van der Waals surface area contributed by atoms with Crippen molar-refractivity contribution in [2.45, 2.75) is 39.2 Å². The van der Waals surface area contributed by atoms with Gasteiger partial charge < -0.3 is 20.8 Å². The fourth-order valence-electron chi connectivity index (χ4n) is 3.77. The van der Waals surface area contributed by atoms with Crippen LogP contribution in [0.25, 0.3) is 17.2 Å². The van der Waals surface area contributed by atoms with E-state index in [1.165, 1.54) is 0 Å². The van der Waals surface area contributed by atoms with Crippen LogP contribution in [0.1, 0.15) is 50.3 Å². The molecule has 1 atom stereocenters. The molecule has 2 aromatic rings. The highest BCUT2D eigenvalue weighted by Crippen LogP contribution is 2.32. The number of aliphatic hydroxyl groups excluding tert-OH is 2. The van der Waals surface area contributed by atoms with Crippen LogP contribution in [-0.2, 0) is 4.79 Å². The van der Waals surface area contributed by atoms with Crippen LogP contribution in [0.3, 0.4) is 0 Å². The molecule has 0 saturated heterocycles. The van der Waals surface area contributed by atoms with Crippen molar-refractivity contribution in [2.24, 2.45) is 10.7 Å². The van der Waals surface area contributed by atoms with Crippen molar-refractivity contribution in [1.82, 2.24) is 4.90 Å². The van der Waals surface area contributed by atoms with Crippen LogP contribution >= 0.6 is 0 Å². The SMILES string of the molecule is CCCN(CCC)C(=O)C1=Cc2ccc(-c3ccc(C(O)CO)cc3)cc2N=C(N)C1. The monoisotopic (exact) mass is 421 g/mol. The summed E-state index contributed by atoms with van der Waals surface area (Å²) in [6, 6.07) is 13.3. The van der Waals surface area contributed by atoms with Gasteiger partial charge in [0.1, 0.15) is 11.9 Å². The Bertz CT molecular complexity index is 974. The minimum Gasteiger partial charge on any atom is -0.393 e. The molecule has 3 rings (SSSR count). The average molecular weight is 422 g/mol. The molecule has 4 N–H and O–H groups in total. The first-order valence-electron chi connectivity index (χ1n) is 10.8. The fourth-order valence-corrected chi connectivity index (χ4v) is 3.77. The number of aliphatic imine (C=N–C) groups is 1. The predicted molar refractivity (Wildman–Crippen MR) is 125 cm³/mol. The first kappa shape index (κ1) is 22.7. The van der Waals surface area contributed by atoms with Crippen LogP contribution in [0.2, 0.25) is 0 Å². The molecule has 0 radical (unpaired) electrons. The zero-order valence-electron chi connectivity index (χ0n) is 18.2. The second-order valence-electron chi connectivity index (χ2n) is 7.84. The number of fused-ring (bicyclic) bond motifs is 1. The van der Waals surface area contributed by atoms with E-state index in [9.17, 15) is 9.90 Å². The van der Waals surface area contributed by atoms with Crippen LogP contribution in [-0.4, -0.2) is 46.6 Å². The highest BCUT2D eigenvalue weighted by Gasteiger charge is 2.21. The van der Waals surface area contributed by atoms with Crippen molar-refractivity contribution in [1.29, 1.82) is 0 Å². The van der Waals surface area contributed by atoms with Gasteiger partial charge in [0.2, 0.25) is 5.91 Å². The van der Waals surface area contributed by atoms with Crippen LogP contribution in [0.15, 0.2) is 53.0 Å². The van der Waals surface area contributed by atoms with E-state index in [1.807, 2.05) is 41.3 Å². The first-order valence-corrected chi connectivity index (χ1v) is 10.8. The number of benzene rings is 2. The number of aliphatic hydroxyl groups is 2. The van der Waals surface area contributed by atoms with Gasteiger partial charge in [-0.3, -0.25) is 4.79 Å². The molecule has 31 heavy (non-hydrogen) atoms. The summed E-state index contributed by atoms with van der Waals surface area (Å²) in [7, 11) is 0. The lowest BCUT2D eigenvalue weighted by Crippen LogP contribution is -2.34. The number of rotatable bonds is 8. The molecule has 0 aliphatic carbocycles. The molecular weight excluding hydrogens is 390 g/mol. The standard InChI is InChI=1S/C25H31N3O3/c1-3-11-28(12-4-2)25(31)21-13-20-10-9-19(14-22(20)27-24(26)15-21)17-5-7-18(8-6-17)23(30)16-29/h5-10,13-14,23,29-30H,3-4,11-12,15-16H2,1-2H3,(H2,26,27). The molecule has 0 fully saturated rings. The quantitative estimate of drug-likeness (QED) is 0.604. The lowest BCUT2D eigenvalue weighted by atomic mass is 9.99. The van der Waals surface area contributed by atoms with Gasteiger partial charge in [-0.1, -0.05) is 50.2 Å². The van der Waals surface area contributed by atoms with Crippen molar-refractivity contribution >= 4 is 23.5 Å². The lowest BCUT2D eigenvalue weighted by Gasteiger charge is -2.22. The molecule has 1 unspecified atom stereocenters. The second-order valence-corrected chi connectivity index (χ2v) is 7.84. The van der Waals surface area contributed by atoms with Gasteiger partial charge in [0.25, 0.3) is 0 Å². The minimum atomic E-state index is -0.883. The van der Waals surface area contributed by atoms with E-state index in [0.29, 0.717) is 23.4 Å². The molecular formula is C25H31N3O3. The normalized spacial score (nSPS) is 14.2. The van der Waals surface area contributed by atoms with Crippen molar-refractivity contribution < 1.29 is 15.0 Å². The summed E-state index contributed by atoms with van der Waals surface area (Å²) in [6.07, 6.45) is 3.18. The van der Waals surface area contributed by atoms with Gasteiger partial charge in [-0.2, -0.15) is 0 Å². The molecule has 6 heteroatoms. The maximum Gasteiger partial charge on any atom is 0.250 e. The number of hydrogen-bond acceptors (Lipinski definition) is 5. The van der Waals surface area contributed by atoms with Crippen molar-refractivity contribution in [3.63, 3.8) is 0 Å². The van der Waals surface area contributed by atoms with Crippen LogP contribution in [0.5, 0.6) is 0 Å². The third-order valence-corrected chi connectivity index (χ3v) is 5.35. The van der Waals surface area contributed by atoms with E-state index in [2.05, 4.69) is 18.8 Å². The zero-order valence-corrected chi connectivity index (χ0v) is 18.2. The molecule has 0 spiro atoms. The van der Waals surface area contributed by atoms with E-state index in [0.717, 1.165) is 48.3 Å². The number of nitrogens with two attached hydrogens (primary N) is 1. The molecule has 0 bridgehead atoms. The molecule has 1 amide bonds. The van der Waals surface area contributed by atoms with Gasteiger partial charge in [-0.15, -0.1) is 0 Å². The Morgan fingerprint density at radius 1 is 1.10 bits per heavy atom. The molecule has 6 nitrogen and oxygen atoms in total. The van der Waals surface area contributed by atoms with Crippen LogP contribution in [0, 0.1) is 0 Å². The molecule has 1 aliphatic rings. The van der Waals surface area contributed by atoms with Gasteiger partial charge in [0, 0.05) is 30.6 Å². The zero-order chi connectivity index (χ0) is 22.4. The van der Waals surface area contributed by atoms with E-state index >= 15 is 0 Å². The van der Waals surface area contributed by atoms with Crippen molar-refractivity contribution in [2.75, 3.05) is 19.7 Å². The van der Waals surface area contributed by atoms with E-state index in [-0.39, 0.29) is 12.5 Å². The Morgan fingerprint density at radius 3 is 2.35 bits per heavy atom. The number of amides is 1. The third kappa shape index (κ3) is 5.40. The van der Waals surface area contributed by atoms with Gasteiger partial charge in [0.05, 0.1) is 12.3 Å². The maximum atomic E-state index is 13.1. The van der Waals surface area contributed by atoms with E-state index < -0.39 is 6.10 Å². The maximum absolute atomic E-state index is 13.1. The molecule has 0 saturated carbocycles. The Labute approximate surface area is 183 Å². The summed E-state index contributed by atoms with van der Waals surface area (Å²) in [5.74, 6) is 0.446. The van der Waals surface area contributed by atoms with Gasteiger partial charge >= 0.3 is 0 Å². The summed E-state index contributed by atoms with van der Waals surface area (Å²) in [5.41, 5.74) is 11.0. The lowest BCUT2D eigenvalue weighted by molar-refractivity contribution is -0.127. The Balaban J connectivity index is 1.92. The summed E-state index contributed by atoms with van der Waals surface area (Å²) in [6.45, 7) is 5.29. The Morgan fingerprint density at radius 2 is 1.74 bits per heavy atom. The van der Waals surface area contributed by atoms with Crippen molar-refractivity contribution in [3.8, 4) is 11.1 Å². The Kier molecular flexibility index (Phi) is 7.60. The fraction of sp³-hybridized carbons (Fsp3) is 0.360. The number of hydrogen-bond donors (Lipinski definition) is 3. The number of nitrogens with zero attached hydrogens (tertiary/aromatic N) is 2. The minimum absolute atomic E-state index is 0.0248. The molecule has 0 aromatic heterocycles. The van der Waals surface area contributed by atoms with E-state index in [4.69, 9.17) is 10.8 Å². The summed E-state index contributed by atoms with van der Waals surface area (Å²) in [5, 5.41) is 18.9. The second kappa shape index (κ2) is 10.4. The van der Waals surface area contributed by atoms with Crippen LogP contribution in [0.4, 0.5) is 5.69 Å². The highest BCUT2D eigenvalue weighted by atomic mass is 16.3. The van der Waals surface area contributed by atoms with Gasteiger partial charge in [-0.25, -0.2) is 4.99 Å². The topological polar surface area (TPSA) is 99.2 Å². The summed E-state index contributed by atoms with van der Waals surface area (Å²) in [4.78, 5) is 19.6. The molecule has 1 heterocycles. The summed E-state index contributed by atoms with van der Waals surface area (Å²) < 4.78 is 0. The van der Waals surface area contributed by atoms with Gasteiger partial charge in [-0.05, 0) is 41.7 Å². The molecule has 164 valence electrons. The molecule has 1 aliphatic heterocycles. The van der Waals surface area contributed by atoms with Crippen LogP contribution < -0.4 is 5.73 Å². The highest BCUT2D eigenvalue weighted by molar-refractivity contribution is 6.05. The number of carbonyl (C=O) groups is 1. The average Bonchev–Trinajstić information content (AvgIpc) is 2.95. The largest absolute Gasteiger partial charge is 0.393 e. The predicted octanol–water partition coefficient (Wildman–Crippen LogP) is 3.80. The Hall–Kier alpha value is -2.96. The summed E-state index contributed by atoms with van der Waals surface area (Å²) >= 11 is 0. The van der Waals surface area contributed by atoms with E-state index in [1.54, 1.807) is 12.1 Å².